The highest BCUT2D eigenvalue weighted by molar-refractivity contribution is 5.12. The van der Waals surface area contributed by atoms with Crippen LogP contribution in [0.4, 0.5) is 0 Å². The first-order chi connectivity index (χ1) is 8.38. The van der Waals surface area contributed by atoms with Crippen LogP contribution in [0.1, 0.15) is 52.4 Å². The molecule has 1 aromatic rings. The Bertz CT molecular complexity index is 360. The quantitative estimate of drug-likeness (QED) is 0.842. The van der Waals surface area contributed by atoms with Gasteiger partial charge in [-0.25, -0.2) is 0 Å². The van der Waals surface area contributed by atoms with E-state index >= 15 is 0 Å². The number of nitrogens with one attached hydrogen (secondary N) is 1. The molecule has 1 unspecified atom stereocenters. The van der Waals surface area contributed by atoms with Crippen molar-refractivity contribution in [3.8, 4) is 0 Å². The van der Waals surface area contributed by atoms with E-state index in [1.165, 1.54) is 17.8 Å². The predicted octanol–water partition coefficient (Wildman–Crippen LogP) is 2.94. The maximum atomic E-state index is 4.53. The summed E-state index contributed by atoms with van der Waals surface area (Å²) in [4.78, 5) is 0. The highest BCUT2D eigenvalue weighted by Gasteiger charge is 2.25. The normalized spacial score (nSPS) is 13.9. The first-order valence-corrected chi connectivity index (χ1v) is 7.13. The van der Waals surface area contributed by atoms with Crippen LogP contribution in [0.15, 0.2) is 6.07 Å². The van der Waals surface area contributed by atoms with E-state index in [-0.39, 0.29) is 5.41 Å². The number of aromatic nitrogens is 2. The summed E-state index contributed by atoms with van der Waals surface area (Å²) in [5.41, 5.74) is 2.79. The summed E-state index contributed by atoms with van der Waals surface area (Å²) < 4.78 is 2.03. The van der Waals surface area contributed by atoms with Crippen molar-refractivity contribution in [2.45, 2.75) is 59.9 Å². The lowest BCUT2D eigenvalue weighted by Crippen LogP contribution is -2.42. The minimum Gasteiger partial charge on any atom is -0.313 e. The summed E-state index contributed by atoms with van der Waals surface area (Å²) in [6.45, 7) is 12.4. The molecule has 0 aliphatic carbocycles. The van der Waals surface area contributed by atoms with Crippen LogP contribution in [0, 0.1) is 5.41 Å². The first kappa shape index (κ1) is 15.2. The van der Waals surface area contributed by atoms with Gasteiger partial charge in [0.2, 0.25) is 0 Å². The van der Waals surface area contributed by atoms with Gasteiger partial charge in [0.15, 0.2) is 0 Å². The molecule has 1 N–H and O–H groups in total. The fraction of sp³-hybridized carbons (Fsp3) is 0.800. The van der Waals surface area contributed by atoms with Crippen molar-refractivity contribution in [3.63, 3.8) is 0 Å². The number of rotatable bonds is 6. The van der Waals surface area contributed by atoms with Crippen LogP contribution in [0.25, 0.3) is 0 Å². The minimum atomic E-state index is 0.270. The maximum Gasteiger partial charge on any atom is 0.0624 e. The van der Waals surface area contributed by atoms with Gasteiger partial charge in [-0.2, -0.15) is 5.10 Å². The van der Waals surface area contributed by atoms with Gasteiger partial charge in [-0.1, -0.05) is 34.6 Å². The number of nitrogens with zero attached hydrogens (tertiary/aromatic N) is 2. The molecule has 0 spiro atoms. The van der Waals surface area contributed by atoms with Gasteiger partial charge in [-0.3, -0.25) is 4.68 Å². The molecule has 0 aromatic carbocycles. The van der Waals surface area contributed by atoms with Crippen molar-refractivity contribution in [2.75, 3.05) is 6.54 Å². The van der Waals surface area contributed by atoms with Crippen LogP contribution in [0.2, 0.25) is 0 Å². The lowest BCUT2D eigenvalue weighted by atomic mass is 9.84. The molecule has 0 aliphatic heterocycles. The molecule has 0 amide bonds. The van der Waals surface area contributed by atoms with Crippen LogP contribution in [0.5, 0.6) is 0 Å². The molecule has 1 rings (SSSR count). The largest absolute Gasteiger partial charge is 0.313 e. The van der Waals surface area contributed by atoms with E-state index in [2.05, 4.69) is 51.1 Å². The van der Waals surface area contributed by atoms with Crippen LogP contribution in [-0.2, 0) is 19.9 Å². The molecular weight excluding hydrogens is 222 g/mol. The van der Waals surface area contributed by atoms with Crippen molar-refractivity contribution >= 4 is 0 Å². The highest BCUT2D eigenvalue weighted by Crippen LogP contribution is 2.23. The van der Waals surface area contributed by atoms with Crippen LogP contribution in [0.3, 0.4) is 0 Å². The summed E-state index contributed by atoms with van der Waals surface area (Å²) in [7, 11) is 2.05. The molecule has 0 aliphatic rings. The second-order valence-corrected chi connectivity index (χ2v) is 6.18. The summed E-state index contributed by atoms with van der Waals surface area (Å²) in [5.74, 6) is 0. The van der Waals surface area contributed by atoms with E-state index in [0.29, 0.717) is 6.04 Å². The van der Waals surface area contributed by atoms with Gasteiger partial charge >= 0.3 is 0 Å². The van der Waals surface area contributed by atoms with Gasteiger partial charge in [0.05, 0.1) is 5.69 Å². The molecule has 18 heavy (non-hydrogen) atoms. The topological polar surface area (TPSA) is 29.9 Å². The van der Waals surface area contributed by atoms with Gasteiger partial charge in [0, 0.05) is 25.2 Å². The molecule has 3 heteroatoms. The van der Waals surface area contributed by atoms with Crippen molar-refractivity contribution in [1.29, 1.82) is 0 Å². The Morgan fingerprint density at radius 2 is 2.00 bits per heavy atom. The fourth-order valence-corrected chi connectivity index (χ4v) is 2.15. The predicted molar refractivity (Wildman–Crippen MR) is 77.8 cm³/mol. The van der Waals surface area contributed by atoms with Crippen molar-refractivity contribution < 1.29 is 0 Å². The third-order valence-electron chi connectivity index (χ3n) is 3.49. The van der Waals surface area contributed by atoms with E-state index < -0.39 is 0 Å². The Labute approximate surface area is 112 Å². The zero-order valence-electron chi connectivity index (χ0n) is 12.9. The molecule has 0 saturated carbocycles. The monoisotopic (exact) mass is 251 g/mol. The van der Waals surface area contributed by atoms with Crippen LogP contribution in [-0.4, -0.2) is 22.4 Å². The molecule has 104 valence electrons. The molecule has 0 fully saturated rings. The summed E-state index contributed by atoms with van der Waals surface area (Å²) in [5, 5.41) is 8.20. The number of hydrogen-bond donors (Lipinski definition) is 1. The molecule has 1 atom stereocenters. The van der Waals surface area contributed by atoms with E-state index in [4.69, 9.17) is 0 Å². The third-order valence-corrected chi connectivity index (χ3v) is 3.49. The Balaban J connectivity index is 2.78. The lowest BCUT2D eigenvalue weighted by molar-refractivity contribution is 0.263. The third kappa shape index (κ3) is 4.13. The van der Waals surface area contributed by atoms with Crippen molar-refractivity contribution in [3.05, 3.63) is 17.5 Å². The highest BCUT2D eigenvalue weighted by atomic mass is 15.3. The zero-order valence-corrected chi connectivity index (χ0v) is 12.9. The maximum absolute atomic E-state index is 4.53. The average Bonchev–Trinajstić information content (AvgIpc) is 2.64. The second-order valence-electron chi connectivity index (χ2n) is 6.18. The van der Waals surface area contributed by atoms with E-state index in [9.17, 15) is 0 Å². The summed E-state index contributed by atoms with van der Waals surface area (Å²) in [6.07, 6.45) is 3.24. The van der Waals surface area contributed by atoms with E-state index in [0.717, 1.165) is 19.4 Å². The van der Waals surface area contributed by atoms with E-state index in [1.807, 2.05) is 11.7 Å². The molecule has 0 saturated heterocycles. The van der Waals surface area contributed by atoms with Crippen molar-refractivity contribution in [2.24, 2.45) is 12.5 Å². The van der Waals surface area contributed by atoms with Crippen molar-refractivity contribution in [1.82, 2.24) is 15.1 Å². The Morgan fingerprint density at radius 1 is 1.33 bits per heavy atom. The van der Waals surface area contributed by atoms with Gasteiger partial charge in [0.25, 0.3) is 0 Å². The van der Waals surface area contributed by atoms with Crippen LogP contribution < -0.4 is 5.32 Å². The van der Waals surface area contributed by atoms with Gasteiger partial charge in [0.1, 0.15) is 0 Å². The Hall–Kier alpha value is -0.830. The Kier molecular flexibility index (Phi) is 5.39. The first-order valence-electron chi connectivity index (χ1n) is 7.13. The molecule has 3 nitrogen and oxygen atoms in total. The molecule has 1 aromatic heterocycles. The SMILES string of the molecule is CCCNC(Cc1cc(CC)nn1C)C(C)(C)C. The van der Waals surface area contributed by atoms with Gasteiger partial charge in [-0.15, -0.1) is 0 Å². The number of aryl methyl sites for hydroxylation is 2. The van der Waals surface area contributed by atoms with Gasteiger partial charge in [-0.05, 0) is 30.9 Å². The molecule has 0 bridgehead atoms. The second kappa shape index (κ2) is 6.37. The van der Waals surface area contributed by atoms with E-state index in [1.54, 1.807) is 0 Å². The molecule has 0 radical (unpaired) electrons. The zero-order chi connectivity index (χ0) is 13.8. The molecular formula is C15H29N3. The average molecular weight is 251 g/mol. The standard InChI is InChI=1S/C15H29N3/c1-7-9-16-14(15(3,4)5)11-13-10-12(8-2)17-18(13)6/h10,14,16H,7-9,11H2,1-6H3. The summed E-state index contributed by atoms with van der Waals surface area (Å²) >= 11 is 0. The summed E-state index contributed by atoms with van der Waals surface area (Å²) in [6, 6.07) is 2.74. The van der Waals surface area contributed by atoms with Gasteiger partial charge < -0.3 is 5.32 Å². The number of hydrogen-bond acceptors (Lipinski definition) is 2. The Morgan fingerprint density at radius 3 is 2.44 bits per heavy atom. The van der Waals surface area contributed by atoms with Crippen LogP contribution >= 0.6 is 0 Å². The molecule has 1 heterocycles. The lowest BCUT2D eigenvalue weighted by Gasteiger charge is -2.31. The fourth-order valence-electron chi connectivity index (χ4n) is 2.15. The minimum absolute atomic E-state index is 0.270. The smallest absolute Gasteiger partial charge is 0.0624 e.